The van der Waals surface area contributed by atoms with Gasteiger partial charge in [0.1, 0.15) is 5.56 Å². The van der Waals surface area contributed by atoms with Crippen molar-refractivity contribution < 1.29 is 17.6 Å². The zero-order valence-corrected chi connectivity index (χ0v) is 7.25. The maximum Gasteiger partial charge on any atom is 0.420 e. The number of rotatable bonds is 0. The summed E-state index contributed by atoms with van der Waals surface area (Å²) >= 11 is 5.16. The molecule has 0 N–H and O–H groups in total. The molecule has 0 saturated carbocycles. The second-order valence-corrected chi connectivity index (χ2v) is 2.80. The Morgan fingerprint density at radius 2 is 1.86 bits per heavy atom. The Labute approximate surface area is 81.5 Å². The van der Waals surface area contributed by atoms with Crippen LogP contribution in [0.15, 0.2) is 12.1 Å². The van der Waals surface area contributed by atoms with Gasteiger partial charge in [0.25, 0.3) is 0 Å². The van der Waals surface area contributed by atoms with E-state index in [2.05, 4.69) is 0 Å². The molecule has 1 rings (SSSR count). The van der Waals surface area contributed by atoms with Gasteiger partial charge in [-0.05, 0) is 12.1 Å². The van der Waals surface area contributed by atoms with E-state index in [0.29, 0.717) is 0 Å². The molecule has 6 heteroatoms. The first-order valence-corrected chi connectivity index (χ1v) is 3.71. The van der Waals surface area contributed by atoms with Crippen molar-refractivity contribution in [2.75, 3.05) is 0 Å². The lowest BCUT2D eigenvalue weighted by Gasteiger charge is -2.10. The molecule has 0 heterocycles. The molecule has 0 fully saturated rings. The zero-order chi connectivity index (χ0) is 10.9. The topological polar surface area (TPSA) is 23.8 Å². The average molecular weight is 224 g/mol. The van der Waals surface area contributed by atoms with Gasteiger partial charge in [0, 0.05) is 0 Å². The first kappa shape index (κ1) is 10.8. The summed E-state index contributed by atoms with van der Waals surface area (Å²) in [6.07, 6.45) is -4.92. The molecule has 0 spiro atoms. The number of alkyl halides is 3. The Morgan fingerprint density at radius 1 is 1.29 bits per heavy atom. The first-order valence-electron chi connectivity index (χ1n) is 3.33. The number of hydrogen-bond acceptors (Lipinski definition) is 1. The molecule has 0 aromatic heterocycles. The van der Waals surface area contributed by atoms with Gasteiger partial charge in [-0.1, -0.05) is 11.6 Å². The third-order valence-electron chi connectivity index (χ3n) is 1.50. The standard InChI is InChI=1S/C8H2ClF4N/c9-5-2-1-4(3-14)6(7(5)10)8(11,12)13/h1-2H. The van der Waals surface area contributed by atoms with Gasteiger partial charge in [0.15, 0.2) is 5.82 Å². The van der Waals surface area contributed by atoms with E-state index in [9.17, 15) is 17.6 Å². The lowest BCUT2D eigenvalue weighted by atomic mass is 10.1. The van der Waals surface area contributed by atoms with Gasteiger partial charge in [-0.15, -0.1) is 0 Å². The summed E-state index contributed by atoms with van der Waals surface area (Å²) in [6.45, 7) is 0. The molecule has 14 heavy (non-hydrogen) atoms. The molecule has 0 unspecified atom stereocenters. The summed E-state index contributed by atoms with van der Waals surface area (Å²) in [4.78, 5) is 0. The van der Waals surface area contributed by atoms with Gasteiger partial charge < -0.3 is 0 Å². The van der Waals surface area contributed by atoms with E-state index >= 15 is 0 Å². The number of halogens is 5. The number of hydrogen-bond donors (Lipinski definition) is 0. The molecule has 0 atom stereocenters. The lowest BCUT2D eigenvalue weighted by Crippen LogP contribution is -2.11. The molecular weight excluding hydrogens is 222 g/mol. The zero-order valence-electron chi connectivity index (χ0n) is 6.49. The van der Waals surface area contributed by atoms with Crippen molar-refractivity contribution in [3.05, 3.63) is 34.1 Å². The van der Waals surface area contributed by atoms with Gasteiger partial charge in [-0.2, -0.15) is 18.4 Å². The monoisotopic (exact) mass is 223 g/mol. The Bertz CT molecular complexity index is 405. The second kappa shape index (κ2) is 3.46. The fourth-order valence-electron chi connectivity index (χ4n) is 0.921. The molecular formula is C8H2ClF4N. The molecule has 0 aliphatic heterocycles. The Kier molecular flexibility index (Phi) is 2.67. The molecule has 0 amide bonds. The van der Waals surface area contributed by atoms with Crippen LogP contribution in [0.4, 0.5) is 17.6 Å². The summed E-state index contributed by atoms with van der Waals surface area (Å²) in [6, 6.07) is 2.99. The predicted octanol–water partition coefficient (Wildman–Crippen LogP) is 3.37. The minimum Gasteiger partial charge on any atom is -0.205 e. The summed E-state index contributed by atoms with van der Waals surface area (Å²) in [5, 5.41) is 7.68. The number of nitriles is 1. The van der Waals surface area contributed by atoms with E-state index < -0.39 is 28.1 Å². The number of nitrogens with zero attached hydrogens (tertiary/aromatic N) is 1. The van der Waals surface area contributed by atoms with E-state index in [1.54, 1.807) is 0 Å². The van der Waals surface area contributed by atoms with Crippen molar-refractivity contribution >= 4 is 11.6 Å². The highest BCUT2D eigenvalue weighted by atomic mass is 35.5. The van der Waals surface area contributed by atoms with Crippen LogP contribution in [0.3, 0.4) is 0 Å². The minimum atomic E-state index is -4.92. The van der Waals surface area contributed by atoms with E-state index in [0.717, 1.165) is 12.1 Å². The number of benzene rings is 1. The highest BCUT2D eigenvalue weighted by Gasteiger charge is 2.37. The summed E-state index contributed by atoms with van der Waals surface area (Å²) < 4.78 is 49.6. The summed E-state index contributed by atoms with van der Waals surface area (Å²) in [7, 11) is 0. The van der Waals surface area contributed by atoms with Crippen LogP contribution < -0.4 is 0 Å². The largest absolute Gasteiger partial charge is 0.420 e. The molecule has 0 aliphatic carbocycles. The lowest BCUT2D eigenvalue weighted by molar-refractivity contribution is -0.140. The molecule has 0 saturated heterocycles. The molecule has 0 bridgehead atoms. The third-order valence-corrected chi connectivity index (χ3v) is 1.79. The Balaban J connectivity index is 3.54. The SMILES string of the molecule is N#Cc1ccc(Cl)c(F)c1C(F)(F)F. The van der Waals surface area contributed by atoms with Crippen LogP contribution in [0.25, 0.3) is 0 Å². The van der Waals surface area contributed by atoms with Gasteiger partial charge in [-0.3, -0.25) is 0 Å². The van der Waals surface area contributed by atoms with Crippen molar-refractivity contribution in [3.63, 3.8) is 0 Å². The van der Waals surface area contributed by atoms with E-state index in [4.69, 9.17) is 16.9 Å². The van der Waals surface area contributed by atoms with Gasteiger partial charge in [-0.25, -0.2) is 4.39 Å². The van der Waals surface area contributed by atoms with E-state index in [1.165, 1.54) is 6.07 Å². The van der Waals surface area contributed by atoms with Gasteiger partial charge in [0.2, 0.25) is 0 Å². The normalized spacial score (nSPS) is 11.1. The summed E-state index contributed by atoms with van der Waals surface area (Å²) in [5.74, 6) is -1.61. The smallest absolute Gasteiger partial charge is 0.205 e. The Morgan fingerprint density at radius 3 is 2.29 bits per heavy atom. The van der Waals surface area contributed by atoms with Crippen LogP contribution >= 0.6 is 11.6 Å². The van der Waals surface area contributed by atoms with Crippen LogP contribution in [0.1, 0.15) is 11.1 Å². The maximum atomic E-state index is 12.9. The molecule has 1 nitrogen and oxygen atoms in total. The van der Waals surface area contributed by atoms with Crippen LogP contribution in [-0.4, -0.2) is 0 Å². The van der Waals surface area contributed by atoms with Crippen molar-refractivity contribution in [2.45, 2.75) is 6.18 Å². The van der Waals surface area contributed by atoms with Crippen molar-refractivity contribution in [2.24, 2.45) is 0 Å². The van der Waals surface area contributed by atoms with Gasteiger partial charge in [0.05, 0.1) is 16.7 Å². The highest BCUT2D eigenvalue weighted by Crippen LogP contribution is 2.36. The third kappa shape index (κ3) is 1.80. The first-order chi connectivity index (χ1) is 6.38. The van der Waals surface area contributed by atoms with Crippen LogP contribution in [0, 0.1) is 17.1 Å². The van der Waals surface area contributed by atoms with Crippen molar-refractivity contribution in [3.8, 4) is 6.07 Å². The predicted molar refractivity (Wildman–Crippen MR) is 41.1 cm³/mol. The summed E-state index contributed by atoms with van der Waals surface area (Å²) in [5.41, 5.74) is -2.40. The minimum absolute atomic E-state index is 0.656. The van der Waals surface area contributed by atoms with Crippen molar-refractivity contribution in [1.82, 2.24) is 0 Å². The van der Waals surface area contributed by atoms with E-state index in [1.807, 2.05) is 0 Å². The van der Waals surface area contributed by atoms with Crippen LogP contribution in [0.5, 0.6) is 0 Å². The molecule has 0 radical (unpaired) electrons. The van der Waals surface area contributed by atoms with Crippen LogP contribution in [0.2, 0.25) is 5.02 Å². The van der Waals surface area contributed by atoms with Crippen molar-refractivity contribution in [1.29, 1.82) is 5.26 Å². The molecule has 1 aromatic rings. The molecule has 74 valence electrons. The van der Waals surface area contributed by atoms with Crippen LogP contribution in [-0.2, 0) is 6.18 Å². The van der Waals surface area contributed by atoms with Gasteiger partial charge >= 0.3 is 6.18 Å². The fourth-order valence-corrected chi connectivity index (χ4v) is 1.08. The quantitative estimate of drug-likeness (QED) is 0.619. The fraction of sp³-hybridized carbons (Fsp3) is 0.125. The highest BCUT2D eigenvalue weighted by molar-refractivity contribution is 6.30. The Hall–Kier alpha value is -1.28. The average Bonchev–Trinajstić information content (AvgIpc) is 2.07. The molecule has 1 aromatic carbocycles. The maximum absolute atomic E-state index is 12.9. The van der Waals surface area contributed by atoms with E-state index in [-0.39, 0.29) is 0 Å². The second-order valence-electron chi connectivity index (χ2n) is 2.39. The molecule has 0 aliphatic rings.